The van der Waals surface area contributed by atoms with Crippen molar-refractivity contribution in [1.29, 1.82) is 5.26 Å². The average molecular weight is 164 g/mol. The van der Waals surface area contributed by atoms with Gasteiger partial charge in [-0.05, 0) is 25.3 Å². The van der Waals surface area contributed by atoms with Gasteiger partial charge in [-0.2, -0.15) is 5.26 Å². The molecular formula is C10H16N2. The van der Waals surface area contributed by atoms with Crippen molar-refractivity contribution in [2.45, 2.75) is 32.1 Å². The van der Waals surface area contributed by atoms with E-state index >= 15 is 0 Å². The van der Waals surface area contributed by atoms with Gasteiger partial charge in [0, 0.05) is 6.54 Å². The van der Waals surface area contributed by atoms with Gasteiger partial charge in [0.25, 0.3) is 0 Å². The van der Waals surface area contributed by atoms with Crippen LogP contribution < -0.4 is 5.32 Å². The lowest BCUT2D eigenvalue weighted by Crippen LogP contribution is -2.27. The van der Waals surface area contributed by atoms with Crippen molar-refractivity contribution in [3.63, 3.8) is 0 Å². The molecule has 2 nitrogen and oxygen atoms in total. The second kappa shape index (κ2) is 3.06. The van der Waals surface area contributed by atoms with Gasteiger partial charge in [-0.25, -0.2) is 0 Å². The molecule has 0 spiro atoms. The maximum atomic E-state index is 9.10. The third kappa shape index (κ3) is 1.34. The Kier molecular flexibility index (Phi) is 2.06. The molecule has 2 heteroatoms. The molecule has 0 bridgehead atoms. The molecule has 1 aliphatic heterocycles. The van der Waals surface area contributed by atoms with Gasteiger partial charge in [0.15, 0.2) is 0 Å². The molecule has 12 heavy (non-hydrogen) atoms. The van der Waals surface area contributed by atoms with Crippen molar-refractivity contribution in [3.05, 3.63) is 0 Å². The summed E-state index contributed by atoms with van der Waals surface area (Å²) in [6.45, 7) is 1.97. The molecule has 1 aliphatic carbocycles. The molecule has 0 aromatic rings. The molecule has 2 rings (SSSR count). The van der Waals surface area contributed by atoms with Crippen LogP contribution >= 0.6 is 0 Å². The van der Waals surface area contributed by atoms with E-state index in [4.69, 9.17) is 5.26 Å². The van der Waals surface area contributed by atoms with Crippen LogP contribution in [0.3, 0.4) is 0 Å². The Labute approximate surface area is 74.0 Å². The average Bonchev–Trinajstić information content (AvgIpc) is 2.46. The summed E-state index contributed by atoms with van der Waals surface area (Å²) in [6, 6.07) is 2.51. The minimum Gasteiger partial charge on any atom is -0.315 e. The van der Waals surface area contributed by atoms with Gasteiger partial charge in [-0.3, -0.25) is 0 Å². The Morgan fingerprint density at radius 3 is 2.75 bits per heavy atom. The fraction of sp³-hybridized carbons (Fsp3) is 0.900. The molecule has 1 saturated carbocycles. The quantitative estimate of drug-likeness (QED) is 0.674. The summed E-state index contributed by atoms with van der Waals surface area (Å²) in [4.78, 5) is 0. The van der Waals surface area contributed by atoms with Gasteiger partial charge >= 0.3 is 0 Å². The molecule has 0 aromatic carbocycles. The maximum absolute atomic E-state index is 9.10. The van der Waals surface area contributed by atoms with Crippen LogP contribution in [0.15, 0.2) is 0 Å². The van der Waals surface area contributed by atoms with Crippen LogP contribution in [0.2, 0.25) is 0 Å². The summed E-state index contributed by atoms with van der Waals surface area (Å²) in [6.07, 6.45) is 6.34. The van der Waals surface area contributed by atoms with Gasteiger partial charge in [-0.15, -0.1) is 0 Å². The molecule has 1 atom stereocenters. The molecule has 0 aromatic heterocycles. The standard InChI is InChI=1S/C10H16N2/c11-7-10(4-5-12-8-10)6-9-2-1-3-9/h9,12H,1-6,8H2. The maximum Gasteiger partial charge on any atom is 0.0713 e. The van der Waals surface area contributed by atoms with Crippen molar-refractivity contribution >= 4 is 0 Å². The van der Waals surface area contributed by atoms with E-state index in [0.29, 0.717) is 0 Å². The van der Waals surface area contributed by atoms with Crippen LogP contribution in [0.5, 0.6) is 0 Å². The predicted molar refractivity (Wildman–Crippen MR) is 47.5 cm³/mol. The zero-order valence-corrected chi connectivity index (χ0v) is 7.47. The summed E-state index contributed by atoms with van der Waals surface area (Å²) < 4.78 is 0. The minimum atomic E-state index is 0.00505. The fourth-order valence-corrected chi connectivity index (χ4v) is 2.31. The summed E-state index contributed by atoms with van der Waals surface area (Å²) in [5, 5.41) is 12.4. The van der Waals surface area contributed by atoms with Crippen molar-refractivity contribution in [2.75, 3.05) is 13.1 Å². The first-order valence-corrected chi connectivity index (χ1v) is 4.97. The lowest BCUT2D eigenvalue weighted by Gasteiger charge is -2.31. The summed E-state index contributed by atoms with van der Waals surface area (Å²) >= 11 is 0. The first kappa shape index (κ1) is 8.07. The highest BCUT2D eigenvalue weighted by Crippen LogP contribution is 2.40. The monoisotopic (exact) mass is 164 g/mol. The van der Waals surface area contributed by atoms with Gasteiger partial charge in [0.05, 0.1) is 11.5 Å². The van der Waals surface area contributed by atoms with Crippen LogP contribution in [0, 0.1) is 22.7 Å². The van der Waals surface area contributed by atoms with E-state index in [1.807, 2.05) is 0 Å². The van der Waals surface area contributed by atoms with Crippen molar-refractivity contribution in [2.24, 2.45) is 11.3 Å². The van der Waals surface area contributed by atoms with Crippen molar-refractivity contribution < 1.29 is 0 Å². The summed E-state index contributed by atoms with van der Waals surface area (Å²) in [5.74, 6) is 0.865. The smallest absolute Gasteiger partial charge is 0.0713 e. The van der Waals surface area contributed by atoms with E-state index in [-0.39, 0.29) is 5.41 Å². The third-order valence-electron chi connectivity index (χ3n) is 3.39. The molecular weight excluding hydrogens is 148 g/mol. The van der Waals surface area contributed by atoms with E-state index in [1.165, 1.54) is 19.3 Å². The van der Waals surface area contributed by atoms with E-state index in [0.717, 1.165) is 31.8 Å². The minimum absolute atomic E-state index is 0.00505. The van der Waals surface area contributed by atoms with Gasteiger partial charge in [0.1, 0.15) is 0 Å². The topological polar surface area (TPSA) is 35.8 Å². The number of rotatable bonds is 2. The van der Waals surface area contributed by atoms with Gasteiger partial charge in [-0.1, -0.05) is 19.3 Å². The Morgan fingerprint density at radius 2 is 2.33 bits per heavy atom. The molecule has 1 heterocycles. The molecule has 1 N–H and O–H groups in total. The fourth-order valence-electron chi connectivity index (χ4n) is 2.31. The van der Waals surface area contributed by atoms with Crippen molar-refractivity contribution in [3.8, 4) is 6.07 Å². The number of hydrogen-bond donors (Lipinski definition) is 1. The molecule has 66 valence electrons. The molecule has 0 radical (unpaired) electrons. The molecule has 2 fully saturated rings. The lowest BCUT2D eigenvalue weighted by molar-refractivity contribution is 0.219. The predicted octanol–water partition coefficient (Wildman–Crippen LogP) is 1.68. The number of nitrogens with one attached hydrogen (secondary N) is 1. The lowest BCUT2D eigenvalue weighted by atomic mass is 9.72. The number of nitrogens with zero attached hydrogens (tertiary/aromatic N) is 1. The Bertz CT molecular complexity index is 194. The van der Waals surface area contributed by atoms with Crippen LogP contribution in [0.1, 0.15) is 32.1 Å². The Morgan fingerprint density at radius 1 is 1.50 bits per heavy atom. The van der Waals surface area contributed by atoms with E-state index in [2.05, 4.69) is 11.4 Å². The first-order chi connectivity index (χ1) is 5.85. The SMILES string of the molecule is N#CC1(CC2CCC2)CCNC1. The Hall–Kier alpha value is -0.550. The second-order valence-corrected chi connectivity index (χ2v) is 4.32. The zero-order chi connectivity index (χ0) is 8.44. The van der Waals surface area contributed by atoms with Gasteiger partial charge in [0.2, 0.25) is 0 Å². The highest BCUT2D eigenvalue weighted by Gasteiger charge is 2.37. The molecule has 0 amide bonds. The number of nitriles is 1. The van der Waals surface area contributed by atoms with E-state index in [1.54, 1.807) is 0 Å². The Balaban J connectivity index is 1.93. The highest BCUT2D eigenvalue weighted by molar-refractivity contribution is 5.05. The van der Waals surface area contributed by atoms with Crippen molar-refractivity contribution in [1.82, 2.24) is 5.32 Å². The van der Waals surface area contributed by atoms with E-state index in [9.17, 15) is 0 Å². The van der Waals surface area contributed by atoms with Crippen LogP contribution in [0.4, 0.5) is 0 Å². The molecule has 1 unspecified atom stereocenters. The summed E-state index contributed by atoms with van der Waals surface area (Å²) in [7, 11) is 0. The molecule has 2 aliphatic rings. The largest absolute Gasteiger partial charge is 0.315 e. The van der Waals surface area contributed by atoms with Crippen LogP contribution in [-0.4, -0.2) is 13.1 Å². The van der Waals surface area contributed by atoms with Crippen LogP contribution in [0.25, 0.3) is 0 Å². The van der Waals surface area contributed by atoms with Gasteiger partial charge < -0.3 is 5.32 Å². The third-order valence-corrected chi connectivity index (χ3v) is 3.39. The van der Waals surface area contributed by atoms with E-state index < -0.39 is 0 Å². The highest BCUT2D eigenvalue weighted by atomic mass is 14.9. The van der Waals surface area contributed by atoms with Crippen LogP contribution in [-0.2, 0) is 0 Å². The second-order valence-electron chi connectivity index (χ2n) is 4.32. The first-order valence-electron chi connectivity index (χ1n) is 4.97. The normalized spacial score (nSPS) is 35.9. The zero-order valence-electron chi connectivity index (χ0n) is 7.47. The summed E-state index contributed by atoms with van der Waals surface area (Å²) in [5.41, 5.74) is 0.00505. The molecule has 1 saturated heterocycles. The number of hydrogen-bond acceptors (Lipinski definition) is 2.